The van der Waals surface area contributed by atoms with Gasteiger partial charge in [-0.1, -0.05) is 6.07 Å². The molecule has 0 aliphatic rings. The smallest absolute Gasteiger partial charge is 0.292 e. The van der Waals surface area contributed by atoms with Gasteiger partial charge in [0, 0.05) is 19.7 Å². The van der Waals surface area contributed by atoms with Crippen molar-refractivity contribution in [1.82, 2.24) is 4.90 Å². The number of nitro benzene ring substituents is 1. The third kappa shape index (κ3) is 2.74. The SMILES string of the molecule is CN(CCC#N)C(=O)c1cccc([N+](=O)[O-])c1N. The van der Waals surface area contributed by atoms with Gasteiger partial charge in [-0.3, -0.25) is 14.9 Å². The van der Waals surface area contributed by atoms with Crippen molar-refractivity contribution in [1.29, 1.82) is 5.26 Å². The molecule has 0 bridgehead atoms. The molecule has 0 aliphatic carbocycles. The molecular formula is C11H12N4O3. The zero-order valence-electron chi connectivity index (χ0n) is 9.79. The number of nitrogens with two attached hydrogens (primary N) is 1. The number of nitriles is 1. The average Bonchev–Trinajstić information content (AvgIpc) is 2.35. The summed E-state index contributed by atoms with van der Waals surface area (Å²) < 4.78 is 0. The number of nitro groups is 1. The Bertz CT molecular complexity index is 522. The van der Waals surface area contributed by atoms with Crippen LogP contribution in [0.4, 0.5) is 11.4 Å². The molecule has 0 aromatic heterocycles. The number of hydrogen-bond acceptors (Lipinski definition) is 5. The lowest BCUT2D eigenvalue weighted by molar-refractivity contribution is -0.383. The summed E-state index contributed by atoms with van der Waals surface area (Å²) in [5, 5.41) is 19.1. The van der Waals surface area contributed by atoms with Crippen molar-refractivity contribution in [3.63, 3.8) is 0 Å². The maximum Gasteiger partial charge on any atom is 0.292 e. The van der Waals surface area contributed by atoms with E-state index in [0.717, 1.165) is 0 Å². The highest BCUT2D eigenvalue weighted by Crippen LogP contribution is 2.25. The molecule has 0 saturated carbocycles. The second kappa shape index (κ2) is 5.63. The molecule has 0 saturated heterocycles. The molecule has 0 unspecified atom stereocenters. The van der Waals surface area contributed by atoms with E-state index in [-0.39, 0.29) is 29.9 Å². The second-order valence-electron chi connectivity index (χ2n) is 3.63. The predicted molar refractivity (Wildman–Crippen MR) is 64.7 cm³/mol. The van der Waals surface area contributed by atoms with Crippen LogP contribution < -0.4 is 5.73 Å². The molecule has 7 nitrogen and oxygen atoms in total. The van der Waals surface area contributed by atoms with Crippen LogP contribution in [0.3, 0.4) is 0 Å². The van der Waals surface area contributed by atoms with Gasteiger partial charge in [0.15, 0.2) is 0 Å². The van der Waals surface area contributed by atoms with Crippen molar-refractivity contribution in [2.24, 2.45) is 0 Å². The highest BCUT2D eigenvalue weighted by molar-refractivity contribution is 6.00. The van der Waals surface area contributed by atoms with E-state index >= 15 is 0 Å². The Morgan fingerprint density at radius 3 is 2.83 bits per heavy atom. The van der Waals surface area contributed by atoms with Gasteiger partial charge in [0.25, 0.3) is 11.6 Å². The summed E-state index contributed by atoms with van der Waals surface area (Å²) in [5.74, 6) is -0.438. The molecule has 0 heterocycles. The summed E-state index contributed by atoms with van der Waals surface area (Å²) in [4.78, 5) is 23.3. The number of carbonyl (C=O) groups is 1. The maximum absolute atomic E-state index is 12.0. The number of para-hydroxylation sites is 1. The fourth-order valence-corrected chi connectivity index (χ4v) is 1.42. The number of nitrogens with zero attached hydrogens (tertiary/aromatic N) is 3. The van der Waals surface area contributed by atoms with E-state index in [4.69, 9.17) is 11.0 Å². The maximum atomic E-state index is 12.0. The van der Waals surface area contributed by atoms with E-state index in [0.29, 0.717) is 0 Å². The van der Waals surface area contributed by atoms with Crippen LogP contribution >= 0.6 is 0 Å². The minimum absolute atomic E-state index is 0.0737. The molecule has 0 aliphatic heterocycles. The molecule has 1 rings (SSSR count). The molecule has 0 spiro atoms. The zero-order chi connectivity index (χ0) is 13.7. The average molecular weight is 248 g/mol. The van der Waals surface area contributed by atoms with Crippen LogP contribution in [0.5, 0.6) is 0 Å². The van der Waals surface area contributed by atoms with Gasteiger partial charge < -0.3 is 10.6 Å². The van der Waals surface area contributed by atoms with E-state index in [1.54, 1.807) is 0 Å². The van der Waals surface area contributed by atoms with Gasteiger partial charge in [-0.05, 0) is 6.07 Å². The first-order chi connectivity index (χ1) is 8.49. The minimum Gasteiger partial charge on any atom is -0.393 e. The highest BCUT2D eigenvalue weighted by Gasteiger charge is 2.21. The lowest BCUT2D eigenvalue weighted by atomic mass is 10.1. The largest absolute Gasteiger partial charge is 0.393 e. The van der Waals surface area contributed by atoms with Crippen LogP contribution in [0.25, 0.3) is 0 Å². The molecule has 0 fully saturated rings. The topological polar surface area (TPSA) is 113 Å². The molecule has 18 heavy (non-hydrogen) atoms. The number of carbonyl (C=O) groups excluding carboxylic acids is 1. The number of nitrogen functional groups attached to an aromatic ring is 1. The van der Waals surface area contributed by atoms with Gasteiger partial charge in [0.2, 0.25) is 0 Å². The molecule has 7 heteroatoms. The molecule has 1 aromatic carbocycles. The minimum atomic E-state index is -0.638. The Kier molecular flexibility index (Phi) is 4.21. The van der Waals surface area contributed by atoms with Crippen LogP contribution in [0.1, 0.15) is 16.8 Å². The normalized spacial score (nSPS) is 9.56. The van der Waals surface area contributed by atoms with Gasteiger partial charge in [0.1, 0.15) is 5.69 Å². The Morgan fingerprint density at radius 2 is 2.28 bits per heavy atom. The summed E-state index contributed by atoms with van der Waals surface area (Å²) in [6, 6.07) is 5.98. The Labute approximate surface area is 104 Å². The van der Waals surface area contributed by atoms with Crippen molar-refractivity contribution >= 4 is 17.3 Å². The molecular weight excluding hydrogens is 236 g/mol. The molecule has 1 amide bonds. The van der Waals surface area contributed by atoms with E-state index < -0.39 is 10.8 Å². The van der Waals surface area contributed by atoms with Gasteiger partial charge in [-0.15, -0.1) is 0 Å². The third-order valence-electron chi connectivity index (χ3n) is 2.42. The number of anilines is 1. The number of amides is 1. The van der Waals surface area contributed by atoms with Gasteiger partial charge in [-0.2, -0.15) is 5.26 Å². The van der Waals surface area contributed by atoms with Crippen LogP contribution in [0.2, 0.25) is 0 Å². The summed E-state index contributed by atoms with van der Waals surface area (Å²) in [6.45, 7) is 0.247. The van der Waals surface area contributed by atoms with Crippen molar-refractivity contribution < 1.29 is 9.72 Å². The molecule has 0 radical (unpaired) electrons. The van der Waals surface area contributed by atoms with Gasteiger partial charge in [0.05, 0.1) is 23.0 Å². The Morgan fingerprint density at radius 1 is 1.61 bits per heavy atom. The first-order valence-corrected chi connectivity index (χ1v) is 5.14. The lowest BCUT2D eigenvalue weighted by Gasteiger charge is -2.16. The Balaban J connectivity index is 3.04. The fraction of sp³-hybridized carbons (Fsp3) is 0.273. The van der Waals surface area contributed by atoms with Gasteiger partial charge >= 0.3 is 0 Å². The number of rotatable bonds is 4. The fourth-order valence-electron chi connectivity index (χ4n) is 1.42. The van der Waals surface area contributed by atoms with Crippen molar-refractivity contribution in [2.75, 3.05) is 19.3 Å². The van der Waals surface area contributed by atoms with E-state index in [1.165, 1.54) is 30.1 Å². The summed E-state index contributed by atoms with van der Waals surface area (Å²) in [7, 11) is 1.51. The molecule has 94 valence electrons. The second-order valence-corrected chi connectivity index (χ2v) is 3.63. The first-order valence-electron chi connectivity index (χ1n) is 5.14. The highest BCUT2D eigenvalue weighted by atomic mass is 16.6. The molecule has 1 aromatic rings. The molecule has 0 atom stereocenters. The monoisotopic (exact) mass is 248 g/mol. The third-order valence-corrected chi connectivity index (χ3v) is 2.42. The van der Waals surface area contributed by atoms with Gasteiger partial charge in [-0.25, -0.2) is 0 Å². The van der Waals surface area contributed by atoms with Crippen molar-refractivity contribution in [2.45, 2.75) is 6.42 Å². The summed E-state index contributed by atoms with van der Waals surface area (Å²) in [6.07, 6.45) is 0.192. The van der Waals surface area contributed by atoms with Crippen molar-refractivity contribution in [3.05, 3.63) is 33.9 Å². The molecule has 2 N–H and O–H groups in total. The van der Waals surface area contributed by atoms with Crippen LogP contribution in [-0.2, 0) is 0 Å². The predicted octanol–water partition coefficient (Wildman–Crippen LogP) is 1.16. The lowest BCUT2D eigenvalue weighted by Crippen LogP contribution is -2.28. The Hall–Kier alpha value is -2.62. The quantitative estimate of drug-likeness (QED) is 0.488. The van der Waals surface area contributed by atoms with Crippen LogP contribution in [-0.4, -0.2) is 29.3 Å². The summed E-state index contributed by atoms with van der Waals surface area (Å²) >= 11 is 0. The van der Waals surface area contributed by atoms with Crippen LogP contribution in [0, 0.1) is 21.4 Å². The van der Waals surface area contributed by atoms with E-state index in [2.05, 4.69) is 0 Å². The number of benzene rings is 1. The first kappa shape index (κ1) is 13.4. The van der Waals surface area contributed by atoms with E-state index in [1.807, 2.05) is 6.07 Å². The number of hydrogen-bond donors (Lipinski definition) is 1. The zero-order valence-corrected chi connectivity index (χ0v) is 9.79. The van der Waals surface area contributed by atoms with Crippen LogP contribution in [0.15, 0.2) is 18.2 Å². The van der Waals surface area contributed by atoms with Crippen molar-refractivity contribution in [3.8, 4) is 6.07 Å². The summed E-state index contributed by atoms with van der Waals surface area (Å²) in [5.41, 5.74) is 5.22. The van der Waals surface area contributed by atoms with E-state index in [9.17, 15) is 14.9 Å². The standard InChI is InChI=1S/C11H12N4O3/c1-14(7-3-6-12)11(16)8-4-2-5-9(10(8)13)15(17)18/h2,4-5H,3,7,13H2,1H3.